The van der Waals surface area contributed by atoms with Crippen molar-refractivity contribution < 1.29 is 8.76 Å². The number of H-pyrrole nitrogens is 1. The van der Waals surface area contributed by atoms with Gasteiger partial charge in [-0.1, -0.05) is 6.07 Å². The maximum Gasteiger partial charge on any atom is 0.258 e. The number of hydrogen-bond donors (Lipinski definition) is 1. The second-order valence-corrected chi connectivity index (χ2v) is 3.53. The molecule has 5 nitrogen and oxygen atoms in total. The molecule has 1 heterocycles. The number of rotatable bonds is 1. The van der Waals surface area contributed by atoms with Gasteiger partial charge in [0.25, 0.3) is 5.56 Å². The number of benzene rings is 1. The lowest BCUT2D eigenvalue weighted by atomic mass is 10.2. The lowest BCUT2D eigenvalue weighted by Gasteiger charge is -2.06. The third kappa shape index (κ3) is 1.34. The molecule has 0 aliphatic carbocycles. The summed E-state index contributed by atoms with van der Waals surface area (Å²) in [6.45, 7) is 0. The van der Waals surface area contributed by atoms with Crippen LogP contribution in [0, 0.1) is 0 Å². The van der Waals surface area contributed by atoms with E-state index in [4.69, 9.17) is 0 Å². The predicted molar refractivity (Wildman–Crippen MR) is 49.5 cm³/mol. The fraction of sp³-hybridized carbons (Fsp3) is 0. The SMILES string of the molecule is O=c1[nH]cnc2c(S(=O)[O-])cccc12. The van der Waals surface area contributed by atoms with E-state index in [0.717, 1.165) is 0 Å². The Morgan fingerprint density at radius 2 is 2.21 bits per heavy atom. The van der Waals surface area contributed by atoms with Gasteiger partial charge in [-0.15, -0.1) is 0 Å². The molecule has 1 aromatic carbocycles. The number of hydrogen-bond acceptors (Lipinski definition) is 4. The molecule has 0 fully saturated rings. The van der Waals surface area contributed by atoms with Crippen molar-refractivity contribution in [2.75, 3.05) is 0 Å². The summed E-state index contributed by atoms with van der Waals surface area (Å²) in [5, 5.41) is 0.272. The molecular formula is C8H5N2O3S-. The molecule has 2 aromatic rings. The highest BCUT2D eigenvalue weighted by Crippen LogP contribution is 2.14. The molecule has 0 amide bonds. The highest BCUT2D eigenvalue weighted by atomic mass is 32.2. The standard InChI is InChI=1S/C8H6N2O3S/c11-8-5-2-1-3-6(14(12)13)7(5)9-4-10-8/h1-4H,(H,12,13)(H,9,10,11)/p-1. The summed E-state index contributed by atoms with van der Waals surface area (Å²) < 4.78 is 21.5. The van der Waals surface area contributed by atoms with Gasteiger partial charge in [0.15, 0.2) is 0 Å². The molecule has 1 atom stereocenters. The summed E-state index contributed by atoms with van der Waals surface area (Å²) in [5.41, 5.74) is -0.146. The van der Waals surface area contributed by atoms with Crippen LogP contribution in [0.2, 0.25) is 0 Å². The van der Waals surface area contributed by atoms with Crippen molar-refractivity contribution in [1.82, 2.24) is 9.97 Å². The van der Waals surface area contributed by atoms with E-state index in [9.17, 15) is 13.6 Å². The summed E-state index contributed by atoms with van der Waals surface area (Å²) in [5.74, 6) is 0. The summed E-state index contributed by atoms with van der Waals surface area (Å²) in [6.07, 6.45) is 1.18. The molecule has 1 unspecified atom stereocenters. The van der Waals surface area contributed by atoms with Crippen molar-refractivity contribution in [3.63, 3.8) is 0 Å². The zero-order valence-corrected chi connectivity index (χ0v) is 7.71. The number of para-hydroxylation sites is 1. The van der Waals surface area contributed by atoms with E-state index in [1.165, 1.54) is 24.5 Å². The molecule has 0 bridgehead atoms. The van der Waals surface area contributed by atoms with Gasteiger partial charge >= 0.3 is 0 Å². The van der Waals surface area contributed by atoms with Gasteiger partial charge in [0.2, 0.25) is 0 Å². The van der Waals surface area contributed by atoms with Crippen LogP contribution in [0.1, 0.15) is 0 Å². The second kappa shape index (κ2) is 3.32. The first-order valence-electron chi connectivity index (χ1n) is 3.76. The third-order valence-corrected chi connectivity index (χ3v) is 2.50. The quantitative estimate of drug-likeness (QED) is 0.678. The van der Waals surface area contributed by atoms with E-state index in [1.807, 2.05) is 0 Å². The van der Waals surface area contributed by atoms with Gasteiger partial charge in [-0.25, -0.2) is 4.98 Å². The van der Waals surface area contributed by atoms with Crippen LogP contribution in [0.3, 0.4) is 0 Å². The van der Waals surface area contributed by atoms with Gasteiger partial charge in [-0.2, -0.15) is 0 Å². The Labute approximate surface area is 81.1 Å². The molecule has 14 heavy (non-hydrogen) atoms. The summed E-state index contributed by atoms with van der Waals surface area (Å²) in [6, 6.07) is 4.43. The van der Waals surface area contributed by atoms with E-state index in [-0.39, 0.29) is 21.4 Å². The molecule has 0 spiro atoms. The van der Waals surface area contributed by atoms with E-state index < -0.39 is 11.1 Å². The van der Waals surface area contributed by atoms with Crippen molar-refractivity contribution >= 4 is 22.0 Å². The third-order valence-electron chi connectivity index (χ3n) is 1.81. The van der Waals surface area contributed by atoms with Crippen LogP contribution in [0.4, 0.5) is 0 Å². The summed E-state index contributed by atoms with van der Waals surface area (Å²) in [4.78, 5) is 17.5. The number of nitrogens with zero attached hydrogens (tertiary/aromatic N) is 1. The average molecular weight is 209 g/mol. The topological polar surface area (TPSA) is 85.9 Å². The molecule has 0 aliphatic heterocycles. The molecule has 2 rings (SSSR count). The molecule has 72 valence electrons. The van der Waals surface area contributed by atoms with Gasteiger partial charge in [-0.05, 0) is 23.2 Å². The van der Waals surface area contributed by atoms with Gasteiger partial charge in [0.1, 0.15) is 0 Å². The van der Waals surface area contributed by atoms with E-state index >= 15 is 0 Å². The van der Waals surface area contributed by atoms with Crippen molar-refractivity contribution in [1.29, 1.82) is 0 Å². The smallest absolute Gasteiger partial charge is 0.258 e. The van der Waals surface area contributed by atoms with Crippen LogP contribution >= 0.6 is 0 Å². The largest absolute Gasteiger partial charge is 0.768 e. The highest BCUT2D eigenvalue weighted by molar-refractivity contribution is 7.79. The fourth-order valence-electron chi connectivity index (χ4n) is 1.21. The number of nitrogens with one attached hydrogen (secondary N) is 1. The van der Waals surface area contributed by atoms with Crippen molar-refractivity contribution in [3.8, 4) is 0 Å². The molecule has 0 aliphatic rings. The first-order valence-corrected chi connectivity index (χ1v) is 4.83. The minimum absolute atomic E-state index is 0.0357. The van der Waals surface area contributed by atoms with Crippen molar-refractivity contribution in [2.45, 2.75) is 4.90 Å². The first-order chi connectivity index (χ1) is 6.70. The van der Waals surface area contributed by atoms with Crippen LogP contribution in [-0.4, -0.2) is 18.7 Å². The lowest BCUT2D eigenvalue weighted by Crippen LogP contribution is -2.07. The molecule has 0 radical (unpaired) electrons. The Morgan fingerprint density at radius 1 is 1.43 bits per heavy atom. The molecule has 1 aromatic heterocycles. The Morgan fingerprint density at radius 3 is 2.93 bits per heavy atom. The average Bonchev–Trinajstić information content (AvgIpc) is 2.17. The Hall–Kier alpha value is -1.53. The lowest BCUT2D eigenvalue weighted by molar-refractivity contribution is 0.538. The maximum absolute atomic E-state index is 11.3. The van der Waals surface area contributed by atoms with Crippen LogP contribution in [-0.2, 0) is 11.1 Å². The second-order valence-electron chi connectivity index (χ2n) is 2.62. The summed E-state index contributed by atoms with van der Waals surface area (Å²) in [7, 11) is 0. The minimum Gasteiger partial charge on any atom is -0.768 e. The Kier molecular flexibility index (Phi) is 2.14. The molecule has 6 heteroatoms. The number of aromatic amines is 1. The normalized spacial score (nSPS) is 12.9. The zero-order valence-electron chi connectivity index (χ0n) is 6.89. The predicted octanol–water partition coefficient (Wildman–Crippen LogP) is 0.161. The van der Waals surface area contributed by atoms with Crippen LogP contribution in [0.5, 0.6) is 0 Å². The number of aromatic nitrogens is 2. The van der Waals surface area contributed by atoms with Gasteiger partial charge < -0.3 is 9.54 Å². The Bertz CT molecular complexity index is 564. The zero-order chi connectivity index (χ0) is 10.1. The summed E-state index contributed by atoms with van der Waals surface area (Å²) >= 11 is -2.38. The van der Waals surface area contributed by atoms with Crippen molar-refractivity contribution in [3.05, 3.63) is 34.9 Å². The van der Waals surface area contributed by atoms with Gasteiger partial charge in [0, 0.05) is 0 Å². The van der Waals surface area contributed by atoms with E-state index in [0.29, 0.717) is 0 Å². The van der Waals surface area contributed by atoms with Gasteiger partial charge in [-0.3, -0.25) is 9.00 Å². The Balaban J connectivity index is 2.95. The maximum atomic E-state index is 11.3. The minimum atomic E-state index is -2.38. The fourth-order valence-corrected chi connectivity index (χ4v) is 1.72. The van der Waals surface area contributed by atoms with E-state index in [2.05, 4.69) is 9.97 Å². The molecule has 0 saturated heterocycles. The molecule has 0 saturated carbocycles. The number of fused-ring (bicyclic) bond motifs is 1. The molecule has 1 N–H and O–H groups in total. The van der Waals surface area contributed by atoms with Crippen molar-refractivity contribution in [2.24, 2.45) is 0 Å². The van der Waals surface area contributed by atoms with Crippen LogP contribution in [0.25, 0.3) is 10.9 Å². The van der Waals surface area contributed by atoms with Crippen LogP contribution in [0.15, 0.2) is 34.2 Å². The molecular weight excluding hydrogens is 204 g/mol. The van der Waals surface area contributed by atoms with Crippen LogP contribution < -0.4 is 5.56 Å². The monoisotopic (exact) mass is 209 g/mol. The first kappa shape index (κ1) is 9.04. The highest BCUT2D eigenvalue weighted by Gasteiger charge is 2.04. The van der Waals surface area contributed by atoms with E-state index in [1.54, 1.807) is 0 Å². The van der Waals surface area contributed by atoms with Gasteiger partial charge in [0.05, 0.1) is 22.1 Å².